The molecule has 1 N–H and O–H groups in total. The Bertz CT molecular complexity index is 538. The van der Waals surface area contributed by atoms with E-state index >= 15 is 0 Å². The van der Waals surface area contributed by atoms with Crippen molar-refractivity contribution in [1.82, 2.24) is 9.55 Å². The molecule has 1 aliphatic heterocycles. The van der Waals surface area contributed by atoms with Crippen LogP contribution in [0.2, 0.25) is 0 Å². The number of nitrogens with zero attached hydrogens (tertiary/aromatic N) is 2. The fraction of sp³-hybridized carbons (Fsp3) is 0.308. The Morgan fingerprint density at radius 1 is 1.47 bits per heavy atom. The molecule has 17 heavy (non-hydrogen) atoms. The van der Waals surface area contributed by atoms with Gasteiger partial charge >= 0.3 is 0 Å². The number of hydrogen-bond donors (Lipinski definition) is 1. The summed E-state index contributed by atoms with van der Waals surface area (Å²) in [7, 11) is 1.92. The molecule has 0 bridgehead atoms. The van der Waals surface area contributed by atoms with Gasteiger partial charge in [0, 0.05) is 29.8 Å². The third-order valence-electron chi connectivity index (χ3n) is 3.15. The average molecular weight is 246 g/mol. The highest BCUT2D eigenvalue weighted by Crippen LogP contribution is 2.44. The van der Waals surface area contributed by atoms with Crippen LogP contribution in [0.15, 0.2) is 41.7 Å². The lowest BCUT2D eigenvalue weighted by Gasteiger charge is -2.16. The molecule has 2 atom stereocenters. The fourth-order valence-corrected chi connectivity index (χ4v) is 3.52. The first kappa shape index (κ1) is 10.9. The smallest absolute Gasteiger partial charge is 0.105 e. The maximum atomic E-state index is 10.4. The highest BCUT2D eigenvalue weighted by molar-refractivity contribution is 7.99. The van der Waals surface area contributed by atoms with Crippen LogP contribution in [-0.2, 0) is 7.05 Å². The average Bonchev–Trinajstić information content (AvgIpc) is 2.94. The van der Waals surface area contributed by atoms with E-state index in [0.717, 1.165) is 11.4 Å². The summed E-state index contributed by atoms with van der Waals surface area (Å²) in [6, 6.07) is 8.29. The summed E-state index contributed by atoms with van der Waals surface area (Å²) in [5.41, 5.74) is 2.01. The molecule has 1 aromatic carbocycles. The number of fused-ring (bicyclic) bond motifs is 1. The van der Waals surface area contributed by atoms with Crippen LogP contribution in [0, 0.1) is 0 Å². The lowest BCUT2D eigenvalue weighted by Crippen LogP contribution is -2.10. The van der Waals surface area contributed by atoms with Crippen molar-refractivity contribution in [2.24, 2.45) is 7.05 Å². The van der Waals surface area contributed by atoms with E-state index in [1.54, 1.807) is 6.33 Å². The molecule has 3 nitrogen and oxygen atoms in total. The maximum Gasteiger partial charge on any atom is 0.105 e. The Labute approximate surface area is 104 Å². The summed E-state index contributed by atoms with van der Waals surface area (Å²) >= 11 is 1.81. The number of aromatic nitrogens is 2. The fourth-order valence-electron chi connectivity index (χ4n) is 2.24. The molecule has 88 valence electrons. The molecular formula is C13H14N2OS. The van der Waals surface area contributed by atoms with Gasteiger partial charge in [-0.1, -0.05) is 18.2 Å². The van der Waals surface area contributed by atoms with Gasteiger partial charge < -0.3 is 9.67 Å². The third-order valence-corrected chi connectivity index (χ3v) is 4.35. The number of benzene rings is 1. The third kappa shape index (κ3) is 1.87. The predicted molar refractivity (Wildman–Crippen MR) is 68.1 cm³/mol. The van der Waals surface area contributed by atoms with Gasteiger partial charge in [-0.25, -0.2) is 4.98 Å². The number of thioether (sulfide) groups is 1. The highest BCUT2D eigenvalue weighted by atomic mass is 32.2. The van der Waals surface area contributed by atoms with Gasteiger partial charge in [0.2, 0.25) is 0 Å². The van der Waals surface area contributed by atoms with Crippen LogP contribution in [0.3, 0.4) is 0 Å². The SMILES string of the molecule is Cn1cnc(C(O)C2CSc3ccccc32)c1. The van der Waals surface area contributed by atoms with Crippen molar-refractivity contribution < 1.29 is 5.11 Å². The first-order valence-electron chi connectivity index (χ1n) is 5.63. The van der Waals surface area contributed by atoms with E-state index in [2.05, 4.69) is 17.1 Å². The maximum absolute atomic E-state index is 10.4. The van der Waals surface area contributed by atoms with Crippen molar-refractivity contribution in [2.75, 3.05) is 5.75 Å². The number of hydrogen-bond acceptors (Lipinski definition) is 3. The number of imidazole rings is 1. The van der Waals surface area contributed by atoms with Gasteiger partial charge in [-0.05, 0) is 11.6 Å². The first-order valence-corrected chi connectivity index (χ1v) is 6.62. The summed E-state index contributed by atoms with van der Waals surface area (Å²) in [5, 5.41) is 10.4. The lowest BCUT2D eigenvalue weighted by molar-refractivity contribution is 0.149. The minimum atomic E-state index is -0.507. The molecule has 2 aromatic rings. The van der Waals surface area contributed by atoms with Gasteiger partial charge in [0.05, 0.1) is 12.0 Å². The Kier molecular flexibility index (Phi) is 2.68. The van der Waals surface area contributed by atoms with Gasteiger partial charge in [0.15, 0.2) is 0 Å². The summed E-state index contributed by atoms with van der Waals surface area (Å²) in [4.78, 5) is 5.52. The van der Waals surface area contributed by atoms with Crippen LogP contribution in [-0.4, -0.2) is 20.4 Å². The summed E-state index contributed by atoms with van der Waals surface area (Å²) < 4.78 is 1.87. The van der Waals surface area contributed by atoms with E-state index in [1.807, 2.05) is 41.7 Å². The summed E-state index contributed by atoms with van der Waals surface area (Å²) in [5.74, 6) is 1.09. The molecule has 1 aliphatic rings. The van der Waals surface area contributed by atoms with E-state index in [4.69, 9.17) is 0 Å². The molecule has 0 saturated heterocycles. The highest BCUT2D eigenvalue weighted by Gasteiger charge is 2.30. The molecule has 0 fully saturated rings. The molecular weight excluding hydrogens is 232 g/mol. The second-order valence-corrected chi connectivity index (χ2v) is 5.43. The van der Waals surface area contributed by atoms with Crippen molar-refractivity contribution in [3.05, 3.63) is 48.0 Å². The van der Waals surface area contributed by atoms with Gasteiger partial charge in [0.25, 0.3) is 0 Å². The van der Waals surface area contributed by atoms with Crippen LogP contribution < -0.4 is 0 Å². The van der Waals surface area contributed by atoms with Gasteiger partial charge in [0.1, 0.15) is 6.10 Å². The summed E-state index contributed by atoms with van der Waals surface area (Å²) in [6.45, 7) is 0. The molecule has 0 amide bonds. The predicted octanol–water partition coefficient (Wildman–Crippen LogP) is 2.34. The normalized spacial score (nSPS) is 20.2. The van der Waals surface area contributed by atoms with Crippen LogP contribution >= 0.6 is 11.8 Å². The van der Waals surface area contributed by atoms with Gasteiger partial charge in [-0.15, -0.1) is 11.8 Å². The van der Waals surface area contributed by atoms with E-state index in [0.29, 0.717) is 0 Å². The van der Waals surface area contributed by atoms with Crippen molar-refractivity contribution in [2.45, 2.75) is 16.9 Å². The van der Waals surface area contributed by atoms with Crippen LogP contribution in [0.4, 0.5) is 0 Å². The van der Waals surface area contributed by atoms with Crippen molar-refractivity contribution >= 4 is 11.8 Å². The second-order valence-electron chi connectivity index (χ2n) is 4.36. The van der Waals surface area contributed by atoms with E-state index in [9.17, 15) is 5.11 Å². The molecule has 0 aliphatic carbocycles. The molecule has 1 aromatic heterocycles. The van der Waals surface area contributed by atoms with Gasteiger partial charge in [-0.2, -0.15) is 0 Å². The van der Waals surface area contributed by atoms with Crippen molar-refractivity contribution in [1.29, 1.82) is 0 Å². The quantitative estimate of drug-likeness (QED) is 0.884. The lowest BCUT2D eigenvalue weighted by atomic mass is 9.94. The minimum absolute atomic E-state index is 0.158. The van der Waals surface area contributed by atoms with E-state index in [-0.39, 0.29) is 5.92 Å². The first-order chi connectivity index (χ1) is 8.25. The number of aliphatic hydroxyl groups is 1. The van der Waals surface area contributed by atoms with Crippen LogP contribution in [0.5, 0.6) is 0 Å². The Morgan fingerprint density at radius 3 is 3.06 bits per heavy atom. The zero-order valence-corrected chi connectivity index (χ0v) is 10.4. The Hall–Kier alpha value is -1.26. The molecule has 0 saturated carbocycles. The molecule has 0 radical (unpaired) electrons. The largest absolute Gasteiger partial charge is 0.386 e. The monoisotopic (exact) mass is 246 g/mol. The second kappa shape index (κ2) is 4.20. The molecule has 3 rings (SSSR count). The standard InChI is InChI=1S/C13H14N2OS/c1-15-6-11(14-8-15)13(16)10-7-17-12-5-3-2-4-9(10)12/h2-6,8,10,13,16H,7H2,1H3. The van der Waals surface area contributed by atoms with E-state index < -0.39 is 6.10 Å². The Morgan fingerprint density at radius 2 is 2.29 bits per heavy atom. The molecule has 0 spiro atoms. The molecule has 2 unspecified atom stereocenters. The van der Waals surface area contributed by atoms with Crippen molar-refractivity contribution in [3.8, 4) is 0 Å². The zero-order valence-electron chi connectivity index (χ0n) is 9.58. The van der Waals surface area contributed by atoms with Gasteiger partial charge in [-0.3, -0.25) is 0 Å². The summed E-state index contributed by atoms with van der Waals surface area (Å²) in [6.07, 6.45) is 3.11. The van der Waals surface area contributed by atoms with Crippen LogP contribution in [0.1, 0.15) is 23.3 Å². The minimum Gasteiger partial charge on any atom is -0.386 e. The van der Waals surface area contributed by atoms with Crippen LogP contribution in [0.25, 0.3) is 0 Å². The number of aryl methyl sites for hydroxylation is 1. The Balaban J connectivity index is 1.92. The topological polar surface area (TPSA) is 38.0 Å². The number of aliphatic hydroxyl groups excluding tert-OH is 1. The molecule has 2 heterocycles. The zero-order chi connectivity index (χ0) is 11.8. The number of rotatable bonds is 2. The van der Waals surface area contributed by atoms with E-state index in [1.165, 1.54) is 10.5 Å². The molecule has 4 heteroatoms. The van der Waals surface area contributed by atoms with Crippen molar-refractivity contribution in [3.63, 3.8) is 0 Å².